The zero-order valence-corrected chi connectivity index (χ0v) is 18.0. The van der Waals surface area contributed by atoms with Gasteiger partial charge in [0, 0.05) is 19.3 Å². The van der Waals surface area contributed by atoms with Crippen LogP contribution in [0.5, 0.6) is 5.88 Å². The van der Waals surface area contributed by atoms with Crippen molar-refractivity contribution in [2.45, 2.75) is 74.2 Å². The summed E-state index contributed by atoms with van der Waals surface area (Å²) in [4.78, 5) is 9.22. The van der Waals surface area contributed by atoms with Crippen LogP contribution < -0.4 is 4.74 Å². The second-order valence-corrected chi connectivity index (χ2v) is 10.1. The number of ether oxygens (including phenoxy) is 2. The van der Waals surface area contributed by atoms with E-state index in [1.165, 1.54) is 17.3 Å². The maximum atomic E-state index is 13.2. The smallest absolute Gasteiger partial charge is 0.319 e. The third-order valence-corrected chi connectivity index (χ3v) is 6.54. The molecule has 1 aromatic rings. The molecule has 0 spiro atoms. The largest absolute Gasteiger partial charge is 0.473 e. The van der Waals surface area contributed by atoms with Crippen LogP contribution in [-0.2, 0) is 14.6 Å². The first-order valence-corrected chi connectivity index (χ1v) is 12.1. The first-order chi connectivity index (χ1) is 14.5. The molecule has 176 valence electrons. The summed E-state index contributed by atoms with van der Waals surface area (Å²) in [5.41, 5.74) is 0. The van der Waals surface area contributed by atoms with E-state index in [1.807, 2.05) is 0 Å². The van der Waals surface area contributed by atoms with Gasteiger partial charge in [-0.1, -0.05) is 0 Å². The molecule has 1 saturated carbocycles. The highest BCUT2D eigenvalue weighted by atomic mass is 32.2. The van der Waals surface area contributed by atoms with Crippen molar-refractivity contribution >= 4 is 9.84 Å². The van der Waals surface area contributed by atoms with Crippen molar-refractivity contribution in [2.24, 2.45) is 0 Å². The molecule has 0 radical (unpaired) electrons. The van der Waals surface area contributed by atoms with Crippen LogP contribution in [0.15, 0.2) is 17.4 Å². The van der Waals surface area contributed by atoms with Gasteiger partial charge in [-0.25, -0.2) is 27.2 Å². The lowest BCUT2D eigenvalue weighted by Crippen LogP contribution is -2.46. The van der Waals surface area contributed by atoms with Crippen LogP contribution in [0, 0.1) is 0 Å². The van der Waals surface area contributed by atoms with E-state index < -0.39 is 28.7 Å². The van der Waals surface area contributed by atoms with Crippen LogP contribution in [0.1, 0.15) is 38.5 Å². The summed E-state index contributed by atoms with van der Waals surface area (Å²) in [6.45, 7) is -0.297. The number of alkyl halides is 4. The first kappa shape index (κ1) is 24.1. The van der Waals surface area contributed by atoms with Crippen molar-refractivity contribution in [3.8, 4) is 5.88 Å². The van der Waals surface area contributed by atoms with Crippen molar-refractivity contribution < 1.29 is 35.5 Å². The highest BCUT2D eigenvalue weighted by Gasteiger charge is 2.42. The molecule has 0 bridgehead atoms. The lowest BCUT2D eigenvalue weighted by Gasteiger charge is -2.36. The van der Waals surface area contributed by atoms with Gasteiger partial charge in [0.25, 0.3) is 0 Å². The molecule has 7 nitrogen and oxygen atoms in total. The van der Waals surface area contributed by atoms with Crippen molar-refractivity contribution in [1.29, 1.82) is 0 Å². The molecule has 3 rings (SSSR count). The molecule has 31 heavy (non-hydrogen) atoms. The standard InChI is InChI=1S/C19H27F4N3O4S/c1-31(27,28)17-11-24-16(10-25-17)30-14-4-2-13(3-5-14)29-15-6-8-26(9-7-15)12-19(22,23)18(20)21/h10-11,13-15,18H,2-9,12H2,1H3. The van der Waals surface area contributed by atoms with E-state index in [-0.39, 0.29) is 29.2 Å². The molecule has 1 saturated heterocycles. The summed E-state index contributed by atoms with van der Waals surface area (Å²) < 4.78 is 85.8. The number of likely N-dealkylation sites (tertiary alicyclic amines) is 1. The van der Waals surface area contributed by atoms with Gasteiger partial charge < -0.3 is 9.47 Å². The van der Waals surface area contributed by atoms with Crippen molar-refractivity contribution in [3.05, 3.63) is 12.4 Å². The van der Waals surface area contributed by atoms with Crippen molar-refractivity contribution in [3.63, 3.8) is 0 Å². The van der Waals surface area contributed by atoms with Crippen LogP contribution in [-0.4, -0.2) is 79.8 Å². The third kappa shape index (κ3) is 6.98. The Kier molecular flexibility index (Phi) is 7.74. The van der Waals surface area contributed by atoms with Gasteiger partial charge in [0.05, 0.1) is 31.1 Å². The van der Waals surface area contributed by atoms with Crippen LogP contribution in [0.3, 0.4) is 0 Å². The van der Waals surface area contributed by atoms with Crippen LogP contribution >= 0.6 is 0 Å². The van der Waals surface area contributed by atoms with Crippen LogP contribution in [0.2, 0.25) is 0 Å². The summed E-state index contributed by atoms with van der Waals surface area (Å²) in [6.07, 6.45) is 3.86. The van der Waals surface area contributed by atoms with Gasteiger partial charge in [0.2, 0.25) is 5.88 Å². The molecule has 2 aliphatic rings. The Bertz CT molecular complexity index is 810. The molecular weight excluding hydrogens is 442 g/mol. The van der Waals surface area contributed by atoms with E-state index in [2.05, 4.69) is 9.97 Å². The maximum absolute atomic E-state index is 13.2. The van der Waals surface area contributed by atoms with Gasteiger partial charge in [-0.2, -0.15) is 8.78 Å². The summed E-state index contributed by atoms with van der Waals surface area (Å²) >= 11 is 0. The maximum Gasteiger partial charge on any atom is 0.319 e. The van der Waals surface area contributed by atoms with Gasteiger partial charge in [-0.3, -0.25) is 4.90 Å². The molecule has 12 heteroatoms. The Balaban J connectivity index is 1.37. The average molecular weight is 470 g/mol. The number of piperidine rings is 1. The molecule has 0 amide bonds. The molecule has 0 unspecified atom stereocenters. The van der Waals surface area contributed by atoms with E-state index in [1.54, 1.807) is 0 Å². The number of sulfone groups is 1. The highest BCUT2D eigenvalue weighted by molar-refractivity contribution is 7.90. The van der Waals surface area contributed by atoms with Crippen molar-refractivity contribution in [1.82, 2.24) is 14.9 Å². The van der Waals surface area contributed by atoms with Gasteiger partial charge in [-0.15, -0.1) is 0 Å². The van der Waals surface area contributed by atoms with E-state index in [9.17, 15) is 26.0 Å². The molecule has 1 aliphatic carbocycles. The van der Waals surface area contributed by atoms with Crippen LogP contribution in [0.4, 0.5) is 17.6 Å². The minimum Gasteiger partial charge on any atom is -0.473 e. The summed E-state index contributed by atoms with van der Waals surface area (Å²) in [5.74, 6) is -3.72. The number of nitrogens with zero attached hydrogens (tertiary/aromatic N) is 3. The van der Waals surface area contributed by atoms with Crippen LogP contribution in [0.25, 0.3) is 0 Å². The minimum absolute atomic E-state index is 0.0394. The molecule has 0 N–H and O–H groups in total. The summed E-state index contributed by atoms with van der Waals surface area (Å²) in [7, 11) is -3.41. The molecular formula is C19H27F4N3O4S. The molecule has 0 aromatic carbocycles. The second-order valence-electron chi connectivity index (χ2n) is 8.15. The Morgan fingerprint density at radius 2 is 1.61 bits per heavy atom. The first-order valence-electron chi connectivity index (χ1n) is 10.3. The second kappa shape index (κ2) is 9.95. The molecule has 1 aromatic heterocycles. The van der Waals surface area contributed by atoms with Crippen molar-refractivity contribution in [2.75, 3.05) is 25.9 Å². The summed E-state index contributed by atoms with van der Waals surface area (Å²) in [5, 5.41) is -0.110. The van der Waals surface area contributed by atoms with Gasteiger partial charge in [-0.05, 0) is 38.5 Å². The van der Waals surface area contributed by atoms with Gasteiger partial charge >= 0.3 is 12.3 Å². The molecule has 1 aliphatic heterocycles. The fraction of sp³-hybridized carbons (Fsp3) is 0.789. The zero-order chi connectivity index (χ0) is 22.6. The quantitative estimate of drug-likeness (QED) is 0.542. The fourth-order valence-electron chi connectivity index (χ4n) is 3.86. The van der Waals surface area contributed by atoms with E-state index in [0.29, 0.717) is 25.9 Å². The number of aromatic nitrogens is 2. The number of hydrogen-bond acceptors (Lipinski definition) is 7. The monoisotopic (exact) mass is 469 g/mol. The lowest BCUT2D eigenvalue weighted by molar-refractivity contribution is -0.148. The Hall–Kier alpha value is -1.53. The predicted octanol–water partition coefficient (Wildman–Crippen LogP) is 2.95. The van der Waals surface area contributed by atoms with Gasteiger partial charge in [0.1, 0.15) is 6.10 Å². The Labute approximate surface area is 179 Å². The minimum atomic E-state index is -3.98. The molecule has 2 heterocycles. The Morgan fingerprint density at radius 3 is 2.13 bits per heavy atom. The SMILES string of the molecule is CS(=O)(=O)c1cnc(OC2CCC(OC3CCN(CC(F)(F)C(F)F)CC3)CC2)cn1. The third-order valence-electron chi connectivity index (χ3n) is 5.57. The fourth-order valence-corrected chi connectivity index (χ4v) is 4.34. The van der Waals surface area contributed by atoms with E-state index >= 15 is 0 Å². The topological polar surface area (TPSA) is 81.6 Å². The number of halogens is 4. The molecule has 0 atom stereocenters. The average Bonchev–Trinajstić information content (AvgIpc) is 2.70. The lowest BCUT2D eigenvalue weighted by atomic mass is 9.94. The predicted molar refractivity (Wildman–Crippen MR) is 103 cm³/mol. The normalized spacial score (nSPS) is 24.5. The highest BCUT2D eigenvalue weighted by Crippen LogP contribution is 2.29. The van der Waals surface area contributed by atoms with E-state index in [4.69, 9.17) is 9.47 Å². The zero-order valence-electron chi connectivity index (χ0n) is 17.2. The van der Waals surface area contributed by atoms with Gasteiger partial charge in [0.15, 0.2) is 14.9 Å². The Morgan fingerprint density at radius 1 is 1.03 bits per heavy atom. The number of rotatable bonds is 8. The summed E-state index contributed by atoms with van der Waals surface area (Å²) in [6, 6.07) is 0. The number of hydrogen-bond donors (Lipinski definition) is 0. The van der Waals surface area contributed by atoms with E-state index in [0.717, 1.165) is 31.9 Å². The molecule has 2 fully saturated rings.